The summed E-state index contributed by atoms with van der Waals surface area (Å²) < 4.78 is 0. The molecule has 0 bridgehead atoms. The lowest BCUT2D eigenvalue weighted by Crippen LogP contribution is -2.42. The first-order chi connectivity index (χ1) is 14.6. The summed E-state index contributed by atoms with van der Waals surface area (Å²) in [5.74, 6) is 0.182. The standard InChI is InChI=1S/C28H39NO/c1-5-8-11-18-25(21-24-16-12-9-13-17-24)22-29(23(4)6-2)28(30)27(7-3)26-19-14-10-15-20-26/h9-10,12-17,19-21,23,27H,5-8,11,18,22H2,1-4H3/b25-21+/t23-,27+/m1/s1. The average molecular weight is 406 g/mol. The van der Waals surface area contributed by atoms with Crippen molar-refractivity contribution in [3.63, 3.8) is 0 Å². The maximum Gasteiger partial charge on any atom is 0.230 e. The fourth-order valence-corrected chi connectivity index (χ4v) is 3.91. The van der Waals surface area contributed by atoms with Gasteiger partial charge in [0.25, 0.3) is 0 Å². The summed E-state index contributed by atoms with van der Waals surface area (Å²) in [7, 11) is 0. The molecule has 2 atom stereocenters. The van der Waals surface area contributed by atoms with Crippen molar-refractivity contribution in [2.24, 2.45) is 0 Å². The Kier molecular flexibility index (Phi) is 10.4. The minimum atomic E-state index is -0.0752. The van der Waals surface area contributed by atoms with Crippen molar-refractivity contribution >= 4 is 12.0 Å². The van der Waals surface area contributed by atoms with Crippen LogP contribution < -0.4 is 0 Å². The fourth-order valence-electron chi connectivity index (χ4n) is 3.91. The van der Waals surface area contributed by atoms with Crippen LogP contribution in [-0.4, -0.2) is 23.4 Å². The molecule has 0 spiro atoms. The quantitative estimate of drug-likeness (QED) is 0.335. The molecule has 0 saturated heterocycles. The number of hydrogen-bond donors (Lipinski definition) is 0. The summed E-state index contributed by atoms with van der Waals surface area (Å²) in [6.45, 7) is 9.43. The SMILES string of the molecule is CCCCC/C(=C\c1ccccc1)CN(C(=O)[C@@H](CC)c1ccccc1)[C@H](C)CC. The van der Waals surface area contributed by atoms with Gasteiger partial charge in [0.1, 0.15) is 0 Å². The molecule has 0 aliphatic rings. The van der Waals surface area contributed by atoms with Gasteiger partial charge in [0.05, 0.1) is 5.92 Å². The molecule has 2 rings (SSSR count). The van der Waals surface area contributed by atoms with E-state index in [-0.39, 0.29) is 17.9 Å². The van der Waals surface area contributed by atoms with Crippen LogP contribution in [0.2, 0.25) is 0 Å². The highest BCUT2D eigenvalue weighted by Gasteiger charge is 2.27. The van der Waals surface area contributed by atoms with Crippen molar-refractivity contribution in [2.75, 3.05) is 6.54 Å². The van der Waals surface area contributed by atoms with Crippen LogP contribution in [0.5, 0.6) is 0 Å². The summed E-state index contributed by atoms with van der Waals surface area (Å²) in [6.07, 6.45) is 8.73. The first-order valence-corrected chi connectivity index (χ1v) is 11.7. The van der Waals surface area contributed by atoms with Crippen LogP contribution in [0.1, 0.15) is 83.3 Å². The number of benzene rings is 2. The summed E-state index contributed by atoms with van der Waals surface area (Å²) in [4.78, 5) is 15.8. The molecular weight excluding hydrogens is 366 g/mol. The van der Waals surface area contributed by atoms with Gasteiger partial charge in [-0.25, -0.2) is 0 Å². The van der Waals surface area contributed by atoms with Gasteiger partial charge in [0, 0.05) is 12.6 Å². The molecule has 0 saturated carbocycles. The lowest BCUT2D eigenvalue weighted by Gasteiger charge is -2.33. The normalized spacial score (nSPS) is 13.7. The van der Waals surface area contributed by atoms with Gasteiger partial charge in [-0.2, -0.15) is 0 Å². The highest BCUT2D eigenvalue weighted by atomic mass is 16.2. The second-order valence-corrected chi connectivity index (χ2v) is 8.27. The Morgan fingerprint density at radius 1 is 0.900 bits per heavy atom. The number of hydrogen-bond acceptors (Lipinski definition) is 1. The molecule has 0 aliphatic carbocycles. The van der Waals surface area contributed by atoms with E-state index in [1.54, 1.807) is 0 Å². The van der Waals surface area contributed by atoms with Gasteiger partial charge in [0.2, 0.25) is 5.91 Å². The summed E-state index contributed by atoms with van der Waals surface area (Å²) >= 11 is 0. The number of rotatable bonds is 12. The monoisotopic (exact) mass is 405 g/mol. The predicted octanol–water partition coefficient (Wildman–Crippen LogP) is 7.47. The third-order valence-electron chi connectivity index (χ3n) is 5.96. The van der Waals surface area contributed by atoms with Crippen LogP contribution in [0.4, 0.5) is 0 Å². The Balaban J connectivity index is 2.30. The third kappa shape index (κ3) is 7.16. The zero-order chi connectivity index (χ0) is 21.8. The van der Waals surface area contributed by atoms with E-state index in [1.807, 2.05) is 18.2 Å². The first-order valence-electron chi connectivity index (χ1n) is 11.7. The molecule has 2 heteroatoms. The van der Waals surface area contributed by atoms with Crippen LogP contribution >= 0.6 is 0 Å². The van der Waals surface area contributed by atoms with E-state index >= 15 is 0 Å². The lowest BCUT2D eigenvalue weighted by atomic mass is 9.93. The number of carbonyl (C=O) groups excluding carboxylic acids is 1. The Morgan fingerprint density at radius 2 is 1.53 bits per heavy atom. The van der Waals surface area contributed by atoms with Crippen LogP contribution in [0.3, 0.4) is 0 Å². The maximum absolute atomic E-state index is 13.7. The van der Waals surface area contributed by atoms with Crippen molar-refractivity contribution in [1.82, 2.24) is 4.90 Å². The van der Waals surface area contributed by atoms with Crippen LogP contribution in [0, 0.1) is 0 Å². The molecule has 0 radical (unpaired) electrons. The topological polar surface area (TPSA) is 20.3 Å². The maximum atomic E-state index is 13.7. The predicted molar refractivity (Wildman–Crippen MR) is 130 cm³/mol. The van der Waals surface area contributed by atoms with Gasteiger partial charge in [-0.3, -0.25) is 4.79 Å². The van der Waals surface area contributed by atoms with E-state index in [2.05, 4.69) is 81.1 Å². The van der Waals surface area contributed by atoms with Crippen molar-refractivity contribution in [3.8, 4) is 0 Å². The third-order valence-corrected chi connectivity index (χ3v) is 5.96. The minimum Gasteiger partial charge on any atom is -0.335 e. The van der Waals surface area contributed by atoms with Gasteiger partial charge in [-0.15, -0.1) is 0 Å². The largest absolute Gasteiger partial charge is 0.335 e. The molecule has 30 heavy (non-hydrogen) atoms. The number of carbonyl (C=O) groups is 1. The van der Waals surface area contributed by atoms with Gasteiger partial charge in [-0.1, -0.05) is 106 Å². The minimum absolute atomic E-state index is 0.0752. The highest BCUT2D eigenvalue weighted by molar-refractivity contribution is 5.84. The van der Waals surface area contributed by atoms with Crippen molar-refractivity contribution in [1.29, 1.82) is 0 Å². The molecule has 2 aromatic rings. The number of amides is 1. The van der Waals surface area contributed by atoms with Gasteiger partial charge < -0.3 is 4.90 Å². The van der Waals surface area contributed by atoms with E-state index in [1.165, 1.54) is 30.4 Å². The Bertz CT molecular complexity index is 766. The van der Waals surface area contributed by atoms with Crippen LogP contribution in [0.15, 0.2) is 66.2 Å². The Labute approximate surface area is 184 Å². The molecule has 1 amide bonds. The summed E-state index contributed by atoms with van der Waals surface area (Å²) in [5.41, 5.74) is 3.69. The molecule has 162 valence electrons. The van der Waals surface area contributed by atoms with Gasteiger partial charge in [0.15, 0.2) is 0 Å². The zero-order valence-electron chi connectivity index (χ0n) is 19.3. The molecule has 0 N–H and O–H groups in total. The Morgan fingerprint density at radius 3 is 2.10 bits per heavy atom. The van der Waals surface area contributed by atoms with Crippen molar-refractivity contribution in [3.05, 3.63) is 77.4 Å². The summed E-state index contributed by atoms with van der Waals surface area (Å²) in [6, 6.07) is 21.0. The van der Waals surface area contributed by atoms with E-state index in [0.29, 0.717) is 0 Å². The van der Waals surface area contributed by atoms with Crippen molar-refractivity contribution in [2.45, 2.75) is 78.2 Å². The number of unbranched alkanes of at least 4 members (excludes halogenated alkanes) is 2. The highest BCUT2D eigenvalue weighted by Crippen LogP contribution is 2.26. The lowest BCUT2D eigenvalue weighted by molar-refractivity contribution is -0.134. The molecule has 0 unspecified atom stereocenters. The van der Waals surface area contributed by atoms with Gasteiger partial charge in [-0.05, 0) is 43.7 Å². The first kappa shape index (κ1) is 23.9. The van der Waals surface area contributed by atoms with Gasteiger partial charge >= 0.3 is 0 Å². The van der Waals surface area contributed by atoms with Crippen LogP contribution in [0.25, 0.3) is 6.08 Å². The van der Waals surface area contributed by atoms with Crippen LogP contribution in [-0.2, 0) is 4.79 Å². The zero-order valence-corrected chi connectivity index (χ0v) is 19.3. The smallest absolute Gasteiger partial charge is 0.230 e. The molecule has 0 fully saturated rings. The second-order valence-electron chi connectivity index (χ2n) is 8.27. The number of nitrogens with zero attached hydrogens (tertiary/aromatic N) is 1. The van der Waals surface area contributed by atoms with Crippen molar-refractivity contribution < 1.29 is 4.79 Å². The molecule has 0 aromatic heterocycles. The molecule has 2 nitrogen and oxygen atoms in total. The summed E-state index contributed by atoms with van der Waals surface area (Å²) in [5, 5.41) is 0. The van der Waals surface area contributed by atoms with E-state index in [0.717, 1.165) is 31.4 Å². The van der Waals surface area contributed by atoms with E-state index in [4.69, 9.17) is 0 Å². The fraction of sp³-hybridized carbons (Fsp3) is 0.464. The average Bonchev–Trinajstić information content (AvgIpc) is 2.78. The second kappa shape index (κ2) is 13.1. The molecule has 0 aliphatic heterocycles. The molecular formula is C28H39NO. The van der Waals surface area contributed by atoms with E-state index in [9.17, 15) is 4.79 Å². The van der Waals surface area contributed by atoms with E-state index < -0.39 is 0 Å². The molecule has 2 aromatic carbocycles. The Hall–Kier alpha value is -2.35. The molecule has 0 heterocycles.